The van der Waals surface area contributed by atoms with Gasteiger partial charge in [0.15, 0.2) is 11.5 Å². The van der Waals surface area contributed by atoms with Gasteiger partial charge in [-0.3, -0.25) is 0 Å². The molecule has 0 saturated heterocycles. The lowest BCUT2D eigenvalue weighted by molar-refractivity contribution is 0.322. The summed E-state index contributed by atoms with van der Waals surface area (Å²) in [6.07, 6.45) is 1.18. The maximum absolute atomic E-state index is 12.2. The van der Waals surface area contributed by atoms with Crippen LogP contribution in [0.25, 0.3) is 0 Å². The minimum Gasteiger partial charge on any atom is -0.493 e. The van der Waals surface area contributed by atoms with E-state index in [-0.39, 0.29) is 16.4 Å². The Morgan fingerprint density at radius 1 is 1.14 bits per heavy atom. The van der Waals surface area contributed by atoms with E-state index in [9.17, 15) is 8.42 Å². The second-order valence-corrected chi connectivity index (χ2v) is 6.13. The third-order valence-electron chi connectivity index (χ3n) is 2.70. The van der Waals surface area contributed by atoms with Gasteiger partial charge in [0.25, 0.3) is 0 Å². The Morgan fingerprint density at radius 2 is 1.82 bits per heavy atom. The number of nitrogens with zero attached hydrogens (tertiary/aromatic N) is 1. The smallest absolute Gasteiger partial charge is 0.339 e. The van der Waals surface area contributed by atoms with Gasteiger partial charge in [0.1, 0.15) is 4.90 Å². The highest BCUT2D eigenvalue weighted by atomic mass is 35.5. The summed E-state index contributed by atoms with van der Waals surface area (Å²) >= 11 is 5.73. The van der Waals surface area contributed by atoms with Gasteiger partial charge >= 0.3 is 10.1 Å². The first-order valence-corrected chi connectivity index (χ1v) is 7.80. The lowest BCUT2D eigenvalue weighted by Gasteiger charge is -2.11. The van der Waals surface area contributed by atoms with E-state index in [2.05, 4.69) is 5.16 Å². The average Bonchev–Trinajstić information content (AvgIpc) is 2.49. The zero-order valence-electron chi connectivity index (χ0n) is 11.4. The summed E-state index contributed by atoms with van der Waals surface area (Å²) < 4.78 is 34.6. The normalized spacial score (nSPS) is 11.5. The molecule has 0 fully saturated rings. The minimum atomic E-state index is -4.01. The lowest BCUT2D eigenvalue weighted by Crippen LogP contribution is -2.10. The van der Waals surface area contributed by atoms with Gasteiger partial charge in [-0.2, -0.15) is 8.42 Å². The van der Waals surface area contributed by atoms with Crippen LogP contribution < -0.4 is 8.92 Å². The van der Waals surface area contributed by atoms with Crippen molar-refractivity contribution in [3.05, 3.63) is 53.1 Å². The molecule has 0 atom stereocenters. The molecule has 2 aromatic carbocycles. The van der Waals surface area contributed by atoms with Gasteiger partial charge in [0.2, 0.25) is 0 Å². The van der Waals surface area contributed by atoms with Crippen LogP contribution in [0.5, 0.6) is 11.5 Å². The van der Waals surface area contributed by atoms with E-state index < -0.39 is 10.1 Å². The van der Waals surface area contributed by atoms with Crippen LogP contribution in [0.2, 0.25) is 5.02 Å². The van der Waals surface area contributed by atoms with Crippen LogP contribution in [0, 0.1) is 0 Å². The fourth-order valence-corrected chi connectivity index (χ4v) is 2.73. The Hall–Kier alpha value is -2.25. The van der Waals surface area contributed by atoms with Crippen molar-refractivity contribution < 1.29 is 22.5 Å². The SMILES string of the molecule is COc1cc(/C=N\O)ccc1OS(=O)(=O)c1ccc(Cl)cc1. The summed E-state index contributed by atoms with van der Waals surface area (Å²) in [5.74, 6) is 0.211. The molecule has 22 heavy (non-hydrogen) atoms. The monoisotopic (exact) mass is 341 g/mol. The molecule has 0 aliphatic heterocycles. The molecule has 0 aliphatic carbocycles. The van der Waals surface area contributed by atoms with Crippen molar-refractivity contribution in [2.45, 2.75) is 4.90 Å². The van der Waals surface area contributed by atoms with Crippen molar-refractivity contribution >= 4 is 27.9 Å². The minimum absolute atomic E-state index is 0.0209. The number of oxime groups is 1. The molecule has 0 aromatic heterocycles. The van der Waals surface area contributed by atoms with Gasteiger partial charge in [0, 0.05) is 10.6 Å². The van der Waals surface area contributed by atoms with Crippen LogP contribution in [-0.2, 0) is 10.1 Å². The standard InChI is InChI=1S/C14H12ClNO5S/c1-20-14-8-10(9-16-17)2-7-13(14)21-22(18,19)12-5-3-11(15)4-6-12/h2-9,17H,1H3/b16-9-. The molecule has 2 aromatic rings. The first kappa shape index (κ1) is 16.1. The van der Waals surface area contributed by atoms with Crippen LogP contribution in [0.4, 0.5) is 0 Å². The molecule has 116 valence electrons. The molecule has 0 aliphatic rings. The van der Waals surface area contributed by atoms with E-state index in [1.165, 1.54) is 55.8 Å². The van der Waals surface area contributed by atoms with E-state index in [4.69, 9.17) is 25.7 Å². The summed E-state index contributed by atoms with van der Waals surface area (Å²) in [6, 6.07) is 10.0. The quantitative estimate of drug-likeness (QED) is 0.391. The van der Waals surface area contributed by atoms with E-state index in [1.54, 1.807) is 0 Å². The summed E-state index contributed by atoms with van der Waals surface area (Å²) in [6.45, 7) is 0. The van der Waals surface area contributed by atoms with Gasteiger partial charge in [-0.15, -0.1) is 0 Å². The molecule has 0 radical (unpaired) electrons. The van der Waals surface area contributed by atoms with Crippen LogP contribution in [0.15, 0.2) is 52.5 Å². The van der Waals surface area contributed by atoms with Gasteiger partial charge < -0.3 is 14.1 Å². The largest absolute Gasteiger partial charge is 0.493 e. The summed E-state index contributed by atoms with van der Waals surface area (Å²) in [7, 11) is -2.64. The fourth-order valence-electron chi connectivity index (χ4n) is 1.67. The molecular weight excluding hydrogens is 330 g/mol. The molecule has 6 nitrogen and oxygen atoms in total. The van der Waals surface area contributed by atoms with Gasteiger partial charge in [-0.25, -0.2) is 0 Å². The molecule has 2 rings (SSSR count). The highest BCUT2D eigenvalue weighted by molar-refractivity contribution is 7.87. The lowest BCUT2D eigenvalue weighted by atomic mass is 10.2. The predicted molar refractivity (Wildman–Crippen MR) is 81.6 cm³/mol. The highest BCUT2D eigenvalue weighted by Gasteiger charge is 2.19. The Morgan fingerprint density at radius 3 is 2.41 bits per heavy atom. The first-order chi connectivity index (χ1) is 10.5. The number of rotatable bonds is 5. The number of halogens is 1. The van der Waals surface area contributed by atoms with Crippen LogP contribution in [0.3, 0.4) is 0 Å². The second-order valence-electron chi connectivity index (χ2n) is 4.15. The van der Waals surface area contributed by atoms with E-state index in [0.29, 0.717) is 10.6 Å². The van der Waals surface area contributed by atoms with Crippen molar-refractivity contribution in [2.24, 2.45) is 5.16 Å². The summed E-state index contributed by atoms with van der Waals surface area (Å²) in [5.41, 5.74) is 0.524. The van der Waals surface area contributed by atoms with Crippen molar-refractivity contribution in [3.8, 4) is 11.5 Å². The third kappa shape index (κ3) is 3.69. The Kier molecular flexibility index (Phi) is 4.89. The molecule has 0 bridgehead atoms. The van der Waals surface area contributed by atoms with Crippen molar-refractivity contribution in [2.75, 3.05) is 7.11 Å². The third-order valence-corrected chi connectivity index (χ3v) is 4.20. The number of hydrogen-bond donors (Lipinski definition) is 1. The highest BCUT2D eigenvalue weighted by Crippen LogP contribution is 2.30. The number of hydrogen-bond acceptors (Lipinski definition) is 6. The number of benzene rings is 2. The van der Waals surface area contributed by atoms with Gasteiger partial charge in [0.05, 0.1) is 13.3 Å². The number of methoxy groups -OCH3 is 1. The summed E-state index contributed by atoms with van der Waals surface area (Å²) in [5, 5.41) is 11.8. The molecule has 0 spiro atoms. The Labute approximate surface area is 132 Å². The van der Waals surface area contributed by atoms with Crippen molar-refractivity contribution in [1.82, 2.24) is 0 Å². The van der Waals surface area contributed by atoms with Crippen LogP contribution in [-0.4, -0.2) is 26.9 Å². The zero-order valence-corrected chi connectivity index (χ0v) is 13.0. The van der Waals surface area contributed by atoms with E-state index in [1.807, 2.05) is 0 Å². The maximum atomic E-state index is 12.2. The van der Waals surface area contributed by atoms with Crippen LogP contribution in [0.1, 0.15) is 5.56 Å². The van der Waals surface area contributed by atoms with Crippen LogP contribution >= 0.6 is 11.6 Å². The molecule has 1 N–H and O–H groups in total. The summed E-state index contributed by atoms with van der Waals surface area (Å²) in [4.78, 5) is -0.0278. The van der Waals surface area contributed by atoms with Crippen molar-refractivity contribution in [3.63, 3.8) is 0 Å². The molecule has 8 heteroatoms. The van der Waals surface area contributed by atoms with Crippen molar-refractivity contribution in [1.29, 1.82) is 0 Å². The maximum Gasteiger partial charge on any atom is 0.339 e. The molecule has 0 unspecified atom stereocenters. The van der Waals surface area contributed by atoms with E-state index >= 15 is 0 Å². The fraction of sp³-hybridized carbons (Fsp3) is 0.0714. The predicted octanol–water partition coefficient (Wildman–Crippen LogP) is 2.92. The average molecular weight is 342 g/mol. The Balaban J connectivity index is 2.35. The first-order valence-electron chi connectivity index (χ1n) is 6.02. The second kappa shape index (κ2) is 6.67. The Bertz CT molecular complexity index is 787. The molecule has 0 heterocycles. The van der Waals surface area contributed by atoms with E-state index in [0.717, 1.165) is 0 Å². The number of ether oxygens (including phenoxy) is 1. The topological polar surface area (TPSA) is 85.2 Å². The zero-order chi connectivity index (χ0) is 16.2. The molecule has 0 amide bonds. The van der Waals surface area contributed by atoms with Gasteiger partial charge in [-0.05, 0) is 42.5 Å². The molecule has 0 saturated carbocycles. The molecular formula is C14H12ClNO5S. The van der Waals surface area contributed by atoms with Gasteiger partial charge in [-0.1, -0.05) is 16.8 Å².